The fourth-order valence-electron chi connectivity index (χ4n) is 3.85. The molecular formula is C20H20N2O4S. The molecule has 2 heterocycles. The van der Waals surface area contributed by atoms with Crippen molar-refractivity contribution in [1.82, 2.24) is 9.21 Å². The van der Waals surface area contributed by atoms with Crippen LogP contribution in [0.15, 0.2) is 53.4 Å². The molecule has 1 atom stereocenters. The zero-order valence-corrected chi connectivity index (χ0v) is 15.8. The lowest BCUT2D eigenvalue weighted by molar-refractivity contribution is 0.0693. The second kappa shape index (κ2) is 6.58. The van der Waals surface area contributed by atoms with Crippen molar-refractivity contribution in [3.05, 3.63) is 65.2 Å². The van der Waals surface area contributed by atoms with E-state index in [1.807, 2.05) is 30.3 Å². The second-order valence-corrected chi connectivity index (χ2v) is 8.87. The average Bonchev–Trinajstić information content (AvgIpc) is 3.22. The summed E-state index contributed by atoms with van der Waals surface area (Å²) in [5.74, 6) is -0.864. The molecule has 7 heteroatoms. The summed E-state index contributed by atoms with van der Waals surface area (Å²) in [5.41, 5.74) is 1.51. The van der Waals surface area contributed by atoms with Gasteiger partial charge in [-0.2, -0.15) is 4.31 Å². The highest BCUT2D eigenvalue weighted by Crippen LogP contribution is 2.31. The van der Waals surface area contributed by atoms with Gasteiger partial charge in [-0.15, -0.1) is 0 Å². The Labute approximate surface area is 158 Å². The summed E-state index contributed by atoms with van der Waals surface area (Å²) in [7, 11) is -2.34. The van der Waals surface area contributed by atoms with E-state index in [0.717, 1.165) is 23.3 Å². The summed E-state index contributed by atoms with van der Waals surface area (Å²) in [6, 6.07) is 13.9. The highest BCUT2D eigenvalue weighted by molar-refractivity contribution is 7.89. The monoisotopic (exact) mass is 384 g/mol. The van der Waals surface area contributed by atoms with Crippen LogP contribution in [0.2, 0.25) is 0 Å². The van der Waals surface area contributed by atoms with E-state index < -0.39 is 21.8 Å². The maximum Gasteiger partial charge on any atom is 0.261 e. The Hall–Kier alpha value is -2.51. The van der Waals surface area contributed by atoms with Crippen molar-refractivity contribution in [2.45, 2.75) is 30.2 Å². The van der Waals surface area contributed by atoms with Gasteiger partial charge in [-0.25, -0.2) is 8.42 Å². The zero-order valence-electron chi connectivity index (χ0n) is 15.0. The number of hydrogen-bond donors (Lipinski definition) is 0. The molecule has 2 aliphatic heterocycles. The third-order valence-electron chi connectivity index (χ3n) is 5.30. The predicted molar refractivity (Wildman–Crippen MR) is 99.9 cm³/mol. The van der Waals surface area contributed by atoms with E-state index in [1.165, 1.54) is 29.6 Å². The van der Waals surface area contributed by atoms with Crippen molar-refractivity contribution in [3.63, 3.8) is 0 Å². The molecule has 2 aromatic rings. The van der Waals surface area contributed by atoms with Gasteiger partial charge in [0, 0.05) is 19.6 Å². The quantitative estimate of drug-likeness (QED) is 0.758. The molecule has 2 amide bonds. The van der Waals surface area contributed by atoms with Gasteiger partial charge in [0.1, 0.15) is 0 Å². The normalized spacial score (nSPS) is 20.3. The van der Waals surface area contributed by atoms with Gasteiger partial charge < -0.3 is 0 Å². The SMILES string of the molecule is CN1C(=O)c2ccc(S(=O)(=O)N3CCCC3Cc3ccccc3)cc2C1=O. The van der Waals surface area contributed by atoms with Gasteiger partial charge in [0.15, 0.2) is 0 Å². The van der Waals surface area contributed by atoms with Gasteiger partial charge in [0.2, 0.25) is 10.0 Å². The van der Waals surface area contributed by atoms with Crippen LogP contribution in [0.3, 0.4) is 0 Å². The minimum absolute atomic E-state index is 0.0673. The van der Waals surface area contributed by atoms with Crippen LogP contribution in [0.1, 0.15) is 39.1 Å². The highest BCUT2D eigenvalue weighted by Gasteiger charge is 2.38. The third-order valence-corrected chi connectivity index (χ3v) is 7.25. The molecule has 0 saturated carbocycles. The van der Waals surface area contributed by atoms with Crippen LogP contribution in [0.5, 0.6) is 0 Å². The predicted octanol–water partition coefficient (Wildman–Crippen LogP) is 2.31. The molecule has 6 nitrogen and oxygen atoms in total. The fraction of sp³-hybridized carbons (Fsp3) is 0.300. The first-order chi connectivity index (χ1) is 12.9. The summed E-state index contributed by atoms with van der Waals surface area (Å²) in [6.45, 7) is 0.462. The molecular weight excluding hydrogens is 364 g/mol. The number of imide groups is 1. The Morgan fingerprint density at radius 3 is 2.44 bits per heavy atom. The Bertz CT molecular complexity index is 1020. The van der Waals surface area contributed by atoms with Crippen molar-refractivity contribution >= 4 is 21.8 Å². The molecule has 0 spiro atoms. The number of amides is 2. The van der Waals surface area contributed by atoms with Gasteiger partial charge in [-0.3, -0.25) is 14.5 Å². The summed E-state index contributed by atoms with van der Waals surface area (Å²) >= 11 is 0. The molecule has 0 aromatic heterocycles. The highest BCUT2D eigenvalue weighted by atomic mass is 32.2. The van der Waals surface area contributed by atoms with Crippen LogP contribution in [0.25, 0.3) is 0 Å². The van der Waals surface area contributed by atoms with Crippen LogP contribution in [-0.2, 0) is 16.4 Å². The molecule has 4 rings (SSSR count). The first-order valence-electron chi connectivity index (χ1n) is 8.92. The van der Waals surface area contributed by atoms with Gasteiger partial charge in [0.25, 0.3) is 11.8 Å². The Kier molecular flexibility index (Phi) is 4.36. The summed E-state index contributed by atoms with van der Waals surface area (Å²) in [5, 5.41) is 0. The number of rotatable bonds is 4. The van der Waals surface area contributed by atoms with E-state index in [2.05, 4.69) is 0 Å². The molecule has 1 saturated heterocycles. The molecule has 0 N–H and O–H groups in total. The number of benzene rings is 2. The number of fused-ring (bicyclic) bond motifs is 1. The summed E-state index contributed by atoms with van der Waals surface area (Å²) in [6.07, 6.45) is 2.27. The first kappa shape index (κ1) is 17.9. The fourth-order valence-corrected chi connectivity index (χ4v) is 5.57. The number of sulfonamides is 1. The summed E-state index contributed by atoms with van der Waals surface area (Å²) in [4.78, 5) is 25.3. The van der Waals surface area contributed by atoms with E-state index in [4.69, 9.17) is 0 Å². The minimum atomic E-state index is -3.74. The smallest absolute Gasteiger partial charge is 0.261 e. The van der Waals surface area contributed by atoms with Crippen LogP contribution >= 0.6 is 0 Å². The molecule has 1 unspecified atom stereocenters. The van der Waals surface area contributed by atoms with Gasteiger partial charge in [-0.1, -0.05) is 30.3 Å². The standard InChI is InChI=1S/C20H20N2O4S/c1-21-19(23)17-10-9-16(13-18(17)20(21)24)27(25,26)22-11-5-8-15(22)12-14-6-3-2-4-7-14/h2-4,6-7,9-10,13,15H,5,8,11-12H2,1H3. The molecule has 0 aliphatic carbocycles. The van der Waals surface area contributed by atoms with Crippen molar-refractivity contribution in [2.75, 3.05) is 13.6 Å². The lowest BCUT2D eigenvalue weighted by atomic mass is 10.1. The van der Waals surface area contributed by atoms with Crippen LogP contribution < -0.4 is 0 Å². The van der Waals surface area contributed by atoms with Gasteiger partial charge in [-0.05, 0) is 43.0 Å². The molecule has 2 aliphatic rings. The minimum Gasteiger partial charge on any atom is -0.277 e. The van der Waals surface area contributed by atoms with Crippen LogP contribution in [0.4, 0.5) is 0 Å². The average molecular weight is 384 g/mol. The maximum absolute atomic E-state index is 13.2. The van der Waals surface area contributed by atoms with Crippen molar-refractivity contribution < 1.29 is 18.0 Å². The van der Waals surface area contributed by atoms with Crippen molar-refractivity contribution in [2.24, 2.45) is 0 Å². The molecule has 140 valence electrons. The number of hydrogen-bond acceptors (Lipinski definition) is 4. The van der Waals surface area contributed by atoms with Crippen molar-refractivity contribution in [3.8, 4) is 0 Å². The van der Waals surface area contributed by atoms with Crippen molar-refractivity contribution in [1.29, 1.82) is 0 Å². The van der Waals surface area contributed by atoms with Gasteiger partial charge >= 0.3 is 0 Å². The van der Waals surface area contributed by atoms with E-state index >= 15 is 0 Å². The molecule has 2 aromatic carbocycles. The zero-order chi connectivity index (χ0) is 19.2. The second-order valence-electron chi connectivity index (χ2n) is 6.98. The topological polar surface area (TPSA) is 74.8 Å². The lowest BCUT2D eigenvalue weighted by Crippen LogP contribution is -2.36. The van der Waals surface area contributed by atoms with Gasteiger partial charge in [0.05, 0.1) is 16.0 Å². The number of nitrogens with zero attached hydrogens (tertiary/aromatic N) is 2. The molecule has 0 bridgehead atoms. The Morgan fingerprint density at radius 2 is 1.70 bits per heavy atom. The molecule has 1 fully saturated rings. The molecule has 27 heavy (non-hydrogen) atoms. The summed E-state index contributed by atoms with van der Waals surface area (Å²) < 4.78 is 28.0. The third kappa shape index (κ3) is 2.96. The van der Waals surface area contributed by atoms with E-state index in [9.17, 15) is 18.0 Å². The maximum atomic E-state index is 13.2. The molecule has 0 radical (unpaired) electrons. The van der Waals surface area contributed by atoms with E-state index in [0.29, 0.717) is 13.0 Å². The van der Waals surface area contributed by atoms with Crippen LogP contribution in [0, 0.1) is 0 Å². The number of carbonyl (C=O) groups is 2. The van der Waals surface area contributed by atoms with E-state index in [-0.39, 0.29) is 22.1 Å². The Morgan fingerprint density at radius 1 is 1.00 bits per heavy atom. The van der Waals surface area contributed by atoms with Crippen LogP contribution in [-0.4, -0.2) is 49.1 Å². The largest absolute Gasteiger partial charge is 0.277 e. The van der Waals surface area contributed by atoms with E-state index in [1.54, 1.807) is 0 Å². The Balaban J connectivity index is 1.65. The lowest BCUT2D eigenvalue weighted by Gasteiger charge is -2.24. The first-order valence-corrected chi connectivity index (χ1v) is 10.4. The number of carbonyl (C=O) groups excluding carboxylic acids is 2.